The summed E-state index contributed by atoms with van der Waals surface area (Å²) >= 11 is 3.30. The lowest BCUT2D eigenvalue weighted by molar-refractivity contribution is -0.129. The van der Waals surface area contributed by atoms with Crippen molar-refractivity contribution in [3.05, 3.63) is 64.6 Å². The Hall–Kier alpha value is -2.23. The fourth-order valence-electron chi connectivity index (χ4n) is 3.30. The smallest absolute Gasteiger partial charge is 0.243 e. The van der Waals surface area contributed by atoms with Crippen LogP contribution in [0.4, 0.5) is 0 Å². The predicted molar refractivity (Wildman–Crippen MR) is 117 cm³/mol. The van der Waals surface area contributed by atoms with Crippen molar-refractivity contribution in [2.24, 2.45) is 5.92 Å². The Kier molecular flexibility index (Phi) is 7.63. The summed E-state index contributed by atoms with van der Waals surface area (Å²) in [6.07, 6.45) is 1.18. The SMILES string of the molecule is O=C(CNC(=O)C1CCCN(S(=O)(=O)c2ccc(Br)cc2)C1)NCc1ccccc1. The number of nitrogens with zero attached hydrogens (tertiary/aromatic N) is 1. The number of carbonyl (C=O) groups is 2. The molecule has 9 heteroatoms. The van der Waals surface area contributed by atoms with E-state index in [0.29, 0.717) is 25.9 Å². The molecule has 2 N–H and O–H groups in total. The molecule has 0 saturated carbocycles. The number of amides is 2. The van der Waals surface area contributed by atoms with Crippen LogP contribution in [0, 0.1) is 5.92 Å². The second-order valence-corrected chi connectivity index (χ2v) is 9.99. The molecule has 0 aliphatic carbocycles. The topological polar surface area (TPSA) is 95.6 Å². The van der Waals surface area contributed by atoms with Gasteiger partial charge in [0.05, 0.1) is 17.4 Å². The third-order valence-corrected chi connectivity index (χ3v) is 7.37. The molecule has 2 aromatic carbocycles. The number of hydrogen-bond acceptors (Lipinski definition) is 4. The average Bonchev–Trinajstić information content (AvgIpc) is 2.77. The molecule has 1 heterocycles. The second-order valence-electron chi connectivity index (χ2n) is 7.14. The van der Waals surface area contributed by atoms with Gasteiger partial charge in [-0.1, -0.05) is 46.3 Å². The minimum atomic E-state index is -3.66. The highest BCUT2D eigenvalue weighted by Crippen LogP contribution is 2.24. The quantitative estimate of drug-likeness (QED) is 0.618. The normalized spacial score (nSPS) is 17.3. The van der Waals surface area contributed by atoms with Gasteiger partial charge in [0.15, 0.2) is 0 Å². The largest absolute Gasteiger partial charge is 0.350 e. The number of sulfonamides is 1. The number of benzene rings is 2. The Morgan fingerprint density at radius 2 is 1.73 bits per heavy atom. The first kappa shape index (κ1) is 22.5. The molecule has 160 valence electrons. The first-order valence-corrected chi connectivity index (χ1v) is 11.9. The van der Waals surface area contributed by atoms with E-state index < -0.39 is 15.9 Å². The molecule has 0 radical (unpaired) electrons. The van der Waals surface area contributed by atoms with E-state index >= 15 is 0 Å². The van der Waals surface area contributed by atoms with E-state index in [0.717, 1.165) is 10.0 Å². The highest BCUT2D eigenvalue weighted by atomic mass is 79.9. The number of carbonyl (C=O) groups excluding carboxylic acids is 2. The molecule has 2 amide bonds. The fourth-order valence-corrected chi connectivity index (χ4v) is 5.09. The lowest BCUT2D eigenvalue weighted by atomic mass is 9.99. The van der Waals surface area contributed by atoms with Gasteiger partial charge < -0.3 is 10.6 Å². The van der Waals surface area contributed by atoms with Crippen molar-refractivity contribution in [1.82, 2.24) is 14.9 Å². The molecule has 30 heavy (non-hydrogen) atoms. The summed E-state index contributed by atoms with van der Waals surface area (Å²) in [6, 6.07) is 15.9. The molecule has 1 unspecified atom stereocenters. The van der Waals surface area contributed by atoms with Crippen molar-refractivity contribution < 1.29 is 18.0 Å². The van der Waals surface area contributed by atoms with Crippen LogP contribution in [0.25, 0.3) is 0 Å². The number of rotatable bonds is 7. The number of halogens is 1. The van der Waals surface area contributed by atoms with Crippen molar-refractivity contribution in [1.29, 1.82) is 0 Å². The molecule has 1 saturated heterocycles. The Labute approximate surface area is 185 Å². The monoisotopic (exact) mass is 493 g/mol. The fraction of sp³-hybridized carbons (Fsp3) is 0.333. The third-order valence-electron chi connectivity index (χ3n) is 4.96. The second kappa shape index (κ2) is 10.2. The molecule has 7 nitrogen and oxygen atoms in total. The van der Waals surface area contributed by atoms with Gasteiger partial charge in [0.2, 0.25) is 21.8 Å². The standard InChI is InChI=1S/C21H24BrN3O4S/c22-18-8-10-19(11-9-18)30(28,29)25-12-4-7-17(15-25)21(27)24-14-20(26)23-13-16-5-2-1-3-6-16/h1-3,5-6,8-11,17H,4,7,12-15H2,(H,23,26)(H,24,27). The van der Waals surface area contributed by atoms with Crippen LogP contribution in [0.1, 0.15) is 18.4 Å². The highest BCUT2D eigenvalue weighted by molar-refractivity contribution is 9.10. The Morgan fingerprint density at radius 3 is 2.43 bits per heavy atom. The van der Waals surface area contributed by atoms with Gasteiger partial charge in [0.1, 0.15) is 0 Å². The number of piperidine rings is 1. The molecule has 3 rings (SSSR count). The zero-order chi connectivity index (χ0) is 21.6. The number of nitrogens with one attached hydrogen (secondary N) is 2. The van der Waals surface area contributed by atoms with E-state index in [1.54, 1.807) is 24.3 Å². The Bertz CT molecular complexity index is 981. The molecule has 2 aromatic rings. The Morgan fingerprint density at radius 1 is 1.03 bits per heavy atom. The van der Waals surface area contributed by atoms with Crippen LogP contribution in [-0.4, -0.2) is 44.2 Å². The van der Waals surface area contributed by atoms with E-state index in [1.165, 1.54) is 4.31 Å². The van der Waals surface area contributed by atoms with Crippen LogP contribution in [0.5, 0.6) is 0 Å². The van der Waals surface area contributed by atoms with Crippen molar-refractivity contribution in [2.75, 3.05) is 19.6 Å². The van der Waals surface area contributed by atoms with E-state index in [2.05, 4.69) is 26.6 Å². The summed E-state index contributed by atoms with van der Waals surface area (Å²) < 4.78 is 27.9. The van der Waals surface area contributed by atoms with Gasteiger partial charge in [0, 0.05) is 24.1 Å². The lowest BCUT2D eigenvalue weighted by Crippen LogP contribution is -2.47. The van der Waals surface area contributed by atoms with Gasteiger partial charge >= 0.3 is 0 Å². The van der Waals surface area contributed by atoms with E-state index in [-0.39, 0.29) is 29.8 Å². The van der Waals surface area contributed by atoms with Gasteiger partial charge in [-0.15, -0.1) is 0 Å². The molecule has 0 spiro atoms. The van der Waals surface area contributed by atoms with Gasteiger partial charge in [-0.2, -0.15) is 4.31 Å². The summed E-state index contributed by atoms with van der Waals surface area (Å²) in [5, 5.41) is 5.38. The molecule has 1 atom stereocenters. The van der Waals surface area contributed by atoms with Crippen molar-refractivity contribution >= 4 is 37.8 Å². The summed E-state index contributed by atoms with van der Waals surface area (Å²) in [7, 11) is -3.66. The average molecular weight is 494 g/mol. The third kappa shape index (κ3) is 5.90. The Balaban J connectivity index is 1.51. The van der Waals surface area contributed by atoms with E-state index in [4.69, 9.17) is 0 Å². The molecular weight excluding hydrogens is 470 g/mol. The molecular formula is C21H24BrN3O4S. The van der Waals surface area contributed by atoms with Gasteiger partial charge in [-0.3, -0.25) is 9.59 Å². The molecule has 0 aromatic heterocycles. The van der Waals surface area contributed by atoms with Crippen LogP contribution in [-0.2, 0) is 26.2 Å². The lowest BCUT2D eigenvalue weighted by Gasteiger charge is -2.31. The van der Waals surface area contributed by atoms with Crippen molar-refractivity contribution in [3.63, 3.8) is 0 Å². The minimum Gasteiger partial charge on any atom is -0.350 e. The predicted octanol–water partition coefficient (Wildman–Crippen LogP) is 2.28. The van der Waals surface area contributed by atoms with Crippen LogP contribution >= 0.6 is 15.9 Å². The summed E-state index contributed by atoms with van der Waals surface area (Å²) in [6.45, 7) is 0.732. The zero-order valence-corrected chi connectivity index (χ0v) is 18.8. The van der Waals surface area contributed by atoms with Crippen molar-refractivity contribution in [2.45, 2.75) is 24.3 Å². The summed E-state index contributed by atoms with van der Waals surface area (Å²) in [5.74, 6) is -1.08. The first-order chi connectivity index (χ1) is 14.4. The molecule has 1 aliphatic heterocycles. The number of hydrogen-bond donors (Lipinski definition) is 2. The molecule has 1 aliphatic rings. The van der Waals surface area contributed by atoms with Gasteiger partial charge in [-0.05, 0) is 42.7 Å². The van der Waals surface area contributed by atoms with Gasteiger partial charge in [-0.25, -0.2) is 8.42 Å². The van der Waals surface area contributed by atoms with Crippen LogP contribution < -0.4 is 10.6 Å². The summed E-state index contributed by atoms with van der Waals surface area (Å²) in [4.78, 5) is 24.7. The summed E-state index contributed by atoms with van der Waals surface area (Å²) in [5.41, 5.74) is 0.971. The van der Waals surface area contributed by atoms with Crippen molar-refractivity contribution in [3.8, 4) is 0 Å². The van der Waals surface area contributed by atoms with Crippen LogP contribution in [0.2, 0.25) is 0 Å². The maximum absolute atomic E-state index is 12.9. The zero-order valence-electron chi connectivity index (χ0n) is 16.4. The maximum atomic E-state index is 12.9. The minimum absolute atomic E-state index is 0.107. The van der Waals surface area contributed by atoms with E-state index in [1.807, 2.05) is 30.3 Å². The maximum Gasteiger partial charge on any atom is 0.243 e. The van der Waals surface area contributed by atoms with Crippen LogP contribution in [0.3, 0.4) is 0 Å². The van der Waals surface area contributed by atoms with E-state index in [9.17, 15) is 18.0 Å². The van der Waals surface area contributed by atoms with Gasteiger partial charge in [0.25, 0.3) is 0 Å². The first-order valence-electron chi connectivity index (χ1n) is 9.70. The molecule has 0 bridgehead atoms. The van der Waals surface area contributed by atoms with Crippen LogP contribution in [0.15, 0.2) is 64.0 Å². The highest BCUT2D eigenvalue weighted by Gasteiger charge is 2.33. The molecule has 1 fully saturated rings.